The number of hydrogen-bond acceptors (Lipinski definition) is 4. The fraction of sp³-hybridized carbons (Fsp3) is 0.571. The third-order valence-corrected chi connectivity index (χ3v) is 1.12. The summed E-state index contributed by atoms with van der Waals surface area (Å²) in [6.45, 7) is 3.64. The van der Waals surface area contributed by atoms with Gasteiger partial charge in [-0.2, -0.15) is 0 Å². The molecule has 0 bridgehead atoms. The van der Waals surface area contributed by atoms with Gasteiger partial charge in [0.05, 0.1) is 0 Å². The van der Waals surface area contributed by atoms with Gasteiger partial charge in [0.15, 0.2) is 0 Å². The molecule has 0 unspecified atom stereocenters. The molecule has 14 heavy (non-hydrogen) atoms. The van der Waals surface area contributed by atoms with Gasteiger partial charge in [0.2, 0.25) is 23.6 Å². The summed E-state index contributed by atoms with van der Waals surface area (Å²) < 4.78 is 0. The smallest absolute Gasteiger partial charge is 0.250 e. The van der Waals surface area contributed by atoms with Crippen LogP contribution in [0.15, 0.2) is 0 Å². The molecule has 0 aliphatic heterocycles. The number of amides is 3. The van der Waals surface area contributed by atoms with E-state index in [2.05, 4.69) is 16.0 Å². The number of nitrogens with one attached hydrogen (secondary N) is 3. The van der Waals surface area contributed by atoms with Crippen molar-refractivity contribution in [3.8, 4) is 0 Å². The van der Waals surface area contributed by atoms with Gasteiger partial charge in [-0.25, -0.2) is 0 Å². The fourth-order valence-electron chi connectivity index (χ4n) is 0.927. The molecule has 0 aromatic carbocycles. The first-order chi connectivity index (χ1) is 6.25. The van der Waals surface area contributed by atoms with E-state index in [1.165, 1.54) is 20.8 Å². The first-order valence-electron chi connectivity index (χ1n) is 3.90. The lowest BCUT2D eigenvalue weighted by molar-refractivity contribution is -0.128. The van der Waals surface area contributed by atoms with Crippen LogP contribution in [0.2, 0.25) is 0 Å². The Morgan fingerprint density at radius 1 is 0.857 bits per heavy atom. The summed E-state index contributed by atoms with van der Waals surface area (Å²) in [5.41, 5.74) is 5.50. The maximum absolute atomic E-state index is 10.7. The minimum absolute atomic E-state index is 0.477. The van der Waals surface area contributed by atoms with Crippen molar-refractivity contribution >= 4 is 17.7 Å². The Bertz CT molecular complexity index is 223. The molecule has 0 saturated heterocycles. The Morgan fingerprint density at radius 3 is 1.21 bits per heavy atom. The van der Waals surface area contributed by atoms with Crippen molar-refractivity contribution in [1.82, 2.24) is 16.0 Å². The predicted molar refractivity (Wildman–Crippen MR) is 48.4 cm³/mol. The Balaban J connectivity index is 4.56. The van der Waals surface area contributed by atoms with Gasteiger partial charge in [-0.3, -0.25) is 20.1 Å². The number of nitrogens with two attached hydrogens (primary N) is 1. The average molecular weight is 202 g/mol. The van der Waals surface area contributed by atoms with Gasteiger partial charge in [-0.05, 0) is 0 Å². The largest absolute Gasteiger partial charge is 0.303 e. The maximum atomic E-state index is 10.7. The van der Waals surface area contributed by atoms with Crippen LogP contribution in [0.4, 0.5) is 0 Å². The zero-order valence-corrected chi connectivity index (χ0v) is 8.30. The first-order valence-corrected chi connectivity index (χ1v) is 3.90. The topological polar surface area (TPSA) is 113 Å². The van der Waals surface area contributed by atoms with Crippen LogP contribution in [0.5, 0.6) is 0 Å². The van der Waals surface area contributed by atoms with Crippen molar-refractivity contribution in [2.45, 2.75) is 26.7 Å². The highest BCUT2D eigenvalue weighted by molar-refractivity contribution is 5.80. The molecule has 7 heteroatoms. The molecule has 5 N–H and O–H groups in total. The van der Waals surface area contributed by atoms with Gasteiger partial charge >= 0.3 is 0 Å². The summed E-state index contributed by atoms with van der Waals surface area (Å²) in [4.78, 5) is 32.2. The van der Waals surface area contributed by atoms with Crippen molar-refractivity contribution < 1.29 is 14.4 Å². The minimum atomic E-state index is -1.73. The normalized spacial score (nSPS) is 10.3. The summed E-state index contributed by atoms with van der Waals surface area (Å²) in [5, 5.41) is 6.58. The summed E-state index contributed by atoms with van der Waals surface area (Å²) in [7, 11) is 0. The lowest BCUT2D eigenvalue weighted by atomic mass is 10.5. The molecule has 0 radical (unpaired) electrons. The highest BCUT2D eigenvalue weighted by atomic mass is 16.2. The zero-order valence-electron chi connectivity index (χ0n) is 8.30. The van der Waals surface area contributed by atoms with Crippen LogP contribution in [0.3, 0.4) is 0 Å². The van der Waals surface area contributed by atoms with Gasteiger partial charge in [-0.15, -0.1) is 0 Å². The molecule has 0 fully saturated rings. The van der Waals surface area contributed by atoms with Gasteiger partial charge in [0.25, 0.3) is 0 Å². The van der Waals surface area contributed by atoms with Gasteiger partial charge in [0, 0.05) is 20.8 Å². The number of rotatable bonds is 3. The van der Waals surface area contributed by atoms with Gasteiger partial charge < -0.3 is 16.0 Å². The molecule has 0 aromatic heterocycles. The van der Waals surface area contributed by atoms with Crippen LogP contribution in [0, 0.1) is 0 Å². The van der Waals surface area contributed by atoms with Crippen LogP contribution in [0.25, 0.3) is 0 Å². The second kappa shape index (κ2) is 4.56. The van der Waals surface area contributed by atoms with Crippen LogP contribution < -0.4 is 21.7 Å². The summed E-state index contributed by atoms with van der Waals surface area (Å²) in [6.07, 6.45) is 0. The quantitative estimate of drug-likeness (QED) is 0.395. The molecular formula is C7H14N4O3. The standard InChI is InChI=1S/C7H14N4O3/c1-4(12)9-7(8,10-5(2)13)11-6(3)14/h8H2,1-3H3,(H,9,12)(H,10,13)(H,11,14). The maximum Gasteiger partial charge on any atom is 0.250 e. The second-order valence-corrected chi connectivity index (χ2v) is 2.85. The van der Waals surface area contributed by atoms with Gasteiger partial charge in [0.1, 0.15) is 0 Å². The fourth-order valence-corrected chi connectivity index (χ4v) is 0.927. The van der Waals surface area contributed by atoms with Crippen molar-refractivity contribution in [2.75, 3.05) is 0 Å². The number of hydrogen-bond donors (Lipinski definition) is 4. The monoisotopic (exact) mass is 202 g/mol. The lowest BCUT2D eigenvalue weighted by Crippen LogP contribution is -2.75. The predicted octanol–water partition coefficient (Wildman–Crippen LogP) is -2.04. The molecule has 0 spiro atoms. The van der Waals surface area contributed by atoms with E-state index >= 15 is 0 Å². The Labute approximate surface area is 81.4 Å². The first kappa shape index (κ1) is 12.4. The average Bonchev–Trinajstić information content (AvgIpc) is 1.76. The van der Waals surface area contributed by atoms with Crippen LogP contribution in [-0.4, -0.2) is 23.6 Å². The molecule has 0 rings (SSSR count). The molecule has 80 valence electrons. The van der Waals surface area contributed by atoms with E-state index in [0.717, 1.165) is 0 Å². The molecule has 0 saturated carbocycles. The summed E-state index contributed by atoms with van der Waals surface area (Å²) in [6, 6.07) is 0. The van der Waals surface area contributed by atoms with Crippen LogP contribution in [0.1, 0.15) is 20.8 Å². The molecule has 0 aliphatic rings. The zero-order chi connectivity index (χ0) is 11.4. The summed E-state index contributed by atoms with van der Waals surface area (Å²) in [5.74, 6) is -3.16. The van der Waals surface area contributed by atoms with Crippen molar-refractivity contribution in [2.24, 2.45) is 5.73 Å². The highest BCUT2D eigenvalue weighted by Gasteiger charge is 2.27. The molecule has 7 nitrogen and oxygen atoms in total. The molecule has 3 amide bonds. The SMILES string of the molecule is CC(=O)NC(N)(NC(C)=O)NC(C)=O. The van der Waals surface area contributed by atoms with Gasteiger partial charge in [-0.1, -0.05) is 0 Å². The molecule has 0 heterocycles. The molecule has 0 aromatic rings. The van der Waals surface area contributed by atoms with Crippen LogP contribution >= 0.6 is 0 Å². The van der Waals surface area contributed by atoms with E-state index in [9.17, 15) is 14.4 Å². The van der Waals surface area contributed by atoms with E-state index in [4.69, 9.17) is 5.73 Å². The van der Waals surface area contributed by atoms with E-state index in [1.54, 1.807) is 0 Å². The van der Waals surface area contributed by atoms with Crippen molar-refractivity contribution in [3.05, 3.63) is 0 Å². The molecule has 0 aliphatic carbocycles. The number of carbonyl (C=O) groups is 3. The molecular weight excluding hydrogens is 188 g/mol. The lowest BCUT2D eigenvalue weighted by Gasteiger charge is -2.30. The minimum Gasteiger partial charge on any atom is -0.303 e. The Kier molecular flexibility index (Phi) is 4.03. The number of carbonyl (C=O) groups excluding carboxylic acids is 3. The van der Waals surface area contributed by atoms with Crippen molar-refractivity contribution in [3.63, 3.8) is 0 Å². The van der Waals surface area contributed by atoms with E-state index in [0.29, 0.717) is 0 Å². The second-order valence-electron chi connectivity index (χ2n) is 2.85. The Morgan fingerprint density at radius 2 is 1.07 bits per heavy atom. The molecule has 0 atom stereocenters. The third-order valence-electron chi connectivity index (χ3n) is 1.12. The Hall–Kier alpha value is -1.63. The van der Waals surface area contributed by atoms with E-state index in [-0.39, 0.29) is 0 Å². The van der Waals surface area contributed by atoms with E-state index in [1.807, 2.05) is 0 Å². The summed E-state index contributed by atoms with van der Waals surface area (Å²) >= 11 is 0. The van der Waals surface area contributed by atoms with Crippen molar-refractivity contribution in [1.29, 1.82) is 0 Å². The highest BCUT2D eigenvalue weighted by Crippen LogP contribution is 1.85. The van der Waals surface area contributed by atoms with Crippen LogP contribution in [-0.2, 0) is 14.4 Å². The van der Waals surface area contributed by atoms with E-state index < -0.39 is 23.6 Å². The third kappa shape index (κ3) is 5.09.